The highest BCUT2D eigenvalue weighted by Crippen LogP contribution is 2.46. The third-order valence-electron chi connectivity index (χ3n) is 3.21. The molecule has 0 N–H and O–H groups in total. The van der Waals surface area contributed by atoms with Gasteiger partial charge in [0.15, 0.2) is 0 Å². The fourth-order valence-electron chi connectivity index (χ4n) is 2.25. The van der Waals surface area contributed by atoms with Crippen LogP contribution in [0.25, 0.3) is 0 Å². The van der Waals surface area contributed by atoms with E-state index >= 15 is 0 Å². The van der Waals surface area contributed by atoms with Gasteiger partial charge in [0.2, 0.25) is 0 Å². The van der Waals surface area contributed by atoms with Crippen LogP contribution < -0.4 is 4.90 Å². The highest BCUT2D eigenvalue weighted by Gasteiger charge is 2.42. The quantitative estimate of drug-likeness (QED) is 0.298. The fraction of sp³-hybridized carbons (Fsp3) is 0. The Balaban J connectivity index is 2.26. The second kappa shape index (κ2) is 5.99. The summed E-state index contributed by atoms with van der Waals surface area (Å²) >= 11 is 35.9. The van der Waals surface area contributed by atoms with E-state index in [9.17, 15) is 9.59 Å². The van der Waals surface area contributed by atoms with Gasteiger partial charge in [-0.15, -0.1) is 0 Å². The molecular weight excluding hydrogens is 427 g/mol. The molecule has 0 atom stereocenters. The molecule has 1 heterocycles. The lowest BCUT2D eigenvalue weighted by molar-refractivity contribution is 0.0926. The molecule has 2 aromatic carbocycles. The SMILES string of the molecule is O=C1c2c(Cl)c(Cl)c(Cl)c(Cl)c2C(=O)N1c1cc(Cl)cc(Cl)c1. The lowest BCUT2D eigenvalue weighted by atomic mass is 10.1. The summed E-state index contributed by atoms with van der Waals surface area (Å²) in [4.78, 5) is 26.1. The topological polar surface area (TPSA) is 37.4 Å². The van der Waals surface area contributed by atoms with Crippen LogP contribution in [-0.2, 0) is 0 Å². The van der Waals surface area contributed by atoms with Crippen molar-refractivity contribution in [3.63, 3.8) is 0 Å². The van der Waals surface area contributed by atoms with Gasteiger partial charge in [-0.3, -0.25) is 9.59 Å². The molecule has 0 fully saturated rings. The van der Waals surface area contributed by atoms with Gasteiger partial charge in [-0.05, 0) is 18.2 Å². The Hall–Kier alpha value is -0.680. The van der Waals surface area contributed by atoms with E-state index in [2.05, 4.69) is 0 Å². The molecule has 1 aliphatic heterocycles. The van der Waals surface area contributed by atoms with Gasteiger partial charge in [-0.2, -0.15) is 0 Å². The number of anilines is 1. The Morgan fingerprint density at radius 1 is 0.609 bits per heavy atom. The smallest absolute Gasteiger partial charge is 0.267 e. The molecule has 0 aliphatic carbocycles. The molecule has 0 saturated carbocycles. The average molecular weight is 430 g/mol. The van der Waals surface area contributed by atoms with Crippen molar-refractivity contribution in [2.75, 3.05) is 4.90 Å². The number of hydrogen-bond donors (Lipinski definition) is 0. The van der Waals surface area contributed by atoms with E-state index < -0.39 is 11.8 Å². The Labute approximate surface area is 160 Å². The van der Waals surface area contributed by atoms with Crippen molar-refractivity contribution in [3.8, 4) is 0 Å². The molecule has 0 saturated heterocycles. The number of carbonyl (C=O) groups excluding carboxylic acids is 2. The number of nitrogens with zero attached hydrogens (tertiary/aromatic N) is 1. The molecule has 3 nitrogen and oxygen atoms in total. The maximum absolute atomic E-state index is 12.6. The van der Waals surface area contributed by atoms with E-state index in [1.54, 1.807) is 0 Å². The zero-order valence-electron chi connectivity index (χ0n) is 10.8. The van der Waals surface area contributed by atoms with Crippen LogP contribution in [0.2, 0.25) is 30.1 Å². The van der Waals surface area contributed by atoms with E-state index in [0.717, 1.165) is 4.90 Å². The molecule has 2 amide bonds. The highest BCUT2D eigenvalue weighted by molar-refractivity contribution is 6.56. The zero-order chi connectivity index (χ0) is 17.0. The Morgan fingerprint density at radius 3 is 1.39 bits per heavy atom. The van der Waals surface area contributed by atoms with E-state index in [1.807, 2.05) is 0 Å². The van der Waals surface area contributed by atoms with Gasteiger partial charge in [0.1, 0.15) is 0 Å². The third kappa shape index (κ3) is 2.60. The maximum Gasteiger partial charge on any atom is 0.267 e. The van der Waals surface area contributed by atoms with Crippen LogP contribution in [0.4, 0.5) is 5.69 Å². The molecule has 2 aromatic rings. The second-order valence-corrected chi connectivity index (χ2v) is 6.96. The minimum absolute atomic E-state index is 0.0933. The lowest BCUT2D eigenvalue weighted by Crippen LogP contribution is -2.29. The van der Waals surface area contributed by atoms with Crippen molar-refractivity contribution in [3.05, 3.63) is 59.5 Å². The molecule has 0 unspecified atom stereocenters. The molecule has 0 radical (unpaired) electrons. The predicted molar refractivity (Wildman–Crippen MR) is 94.1 cm³/mol. The van der Waals surface area contributed by atoms with Crippen molar-refractivity contribution in [2.24, 2.45) is 0 Å². The van der Waals surface area contributed by atoms with Gasteiger partial charge in [0, 0.05) is 10.0 Å². The molecular formula is C14H3Cl6NO2. The summed E-state index contributed by atoms with van der Waals surface area (Å²) in [7, 11) is 0. The van der Waals surface area contributed by atoms with E-state index in [-0.39, 0.29) is 47.0 Å². The van der Waals surface area contributed by atoms with Gasteiger partial charge >= 0.3 is 0 Å². The highest BCUT2D eigenvalue weighted by atomic mass is 35.5. The van der Waals surface area contributed by atoms with Crippen LogP contribution in [0.15, 0.2) is 18.2 Å². The van der Waals surface area contributed by atoms with Gasteiger partial charge in [-0.1, -0.05) is 69.6 Å². The van der Waals surface area contributed by atoms with Crippen molar-refractivity contribution in [1.82, 2.24) is 0 Å². The van der Waals surface area contributed by atoms with Gasteiger partial charge in [0.25, 0.3) is 11.8 Å². The predicted octanol–water partition coefficient (Wildman–Crippen LogP) is 6.41. The normalized spacial score (nSPS) is 13.7. The Morgan fingerprint density at radius 2 is 1.00 bits per heavy atom. The third-order valence-corrected chi connectivity index (χ3v) is 5.45. The number of hydrogen-bond acceptors (Lipinski definition) is 2. The monoisotopic (exact) mass is 427 g/mol. The summed E-state index contributed by atoms with van der Waals surface area (Å²) in [6, 6.07) is 4.30. The van der Waals surface area contributed by atoms with Crippen LogP contribution in [-0.4, -0.2) is 11.8 Å². The van der Waals surface area contributed by atoms with Crippen LogP contribution in [0.3, 0.4) is 0 Å². The van der Waals surface area contributed by atoms with Crippen LogP contribution in [0.5, 0.6) is 0 Å². The number of benzene rings is 2. The van der Waals surface area contributed by atoms with Crippen LogP contribution >= 0.6 is 69.6 Å². The summed E-state index contributed by atoms with van der Waals surface area (Å²) < 4.78 is 0. The van der Waals surface area contributed by atoms with Crippen molar-refractivity contribution in [1.29, 1.82) is 0 Å². The maximum atomic E-state index is 12.6. The zero-order valence-corrected chi connectivity index (χ0v) is 15.3. The van der Waals surface area contributed by atoms with Crippen molar-refractivity contribution in [2.45, 2.75) is 0 Å². The molecule has 118 valence electrons. The van der Waals surface area contributed by atoms with E-state index in [0.29, 0.717) is 0 Å². The average Bonchev–Trinajstić information content (AvgIpc) is 2.73. The summed E-state index contributed by atoms with van der Waals surface area (Å²) in [6.07, 6.45) is 0. The Bertz CT molecular complexity index is 828. The lowest BCUT2D eigenvalue weighted by Gasteiger charge is -2.14. The number of rotatable bonds is 1. The molecule has 3 rings (SSSR count). The number of imide groups is 1. The van der Waals surface area contributed by atoms with Crippen LogP contribution in [0, 0.1) is 0 Å². The molecule has 23 heavy (non-hydrogen) atoms. The van der Waals surface area contributed by atoms with Gasteiger partial charge in [0.05, 0.1) is 36.9 Å². The number of fused-ring (bicyclic) bond motifs is 1. The van der Waals surface area contributed by atoms with Crippen molar-refractivity contribution < 1.29 is 9.59 Å². The molecule has 0 bridgehead atoms. The van der Waals surface area contributed by atoms with E-state index in [4.69, 9.17) is 69.6 Å². The molecule has 0 spiro atoms. The van der Waals surface area contributed by atoms with Crippen molar-refractivity contribution >= 4 is 87.1 Å². The minimum Gasteiger partial charge on any atom is -0.268 e. The number of carbonyl (C=O) groups is 2. The van der Waals surface area contributed by atoms with Gasteiger partial charge in [-0.25, -0.2) is 4.90 Å². The number of amides is 2. The minimum atomic E-state index is -0.686. The second-order valence-electron chi connectivity index (χ2n) is 4.58. The summed E-state index contributed by atoms with van der Waals surface area (Å²) in [5, 5.41) is 0.0677. The van der Waals surface area contributed by atoms with Gasteiger partial charge < -0.3 is 0 Å². The summed E-state index contributed by atoms with van der Waals surface area (Å²) in [6.45, 7) is 0. The first-order valence-corrected chi connectivity index (χ1v) is 8.21. The first-order valence-electron chi connectivity index (χ1n) is 5.95. The summed E-state index contributed by atoms with van der Waals surface area (Å²) in [5.74, 6) is -1.37. The largest absolute Gasteiger partial charge is 0.268 e. The number of halogens is 6. The first-order chi connectivity index (χ1) is 10.7. The first kappa shape index (κ1) is 17.2. The molecule has 0 aromatic heterocycles. The van der Waals surface area contributed by atoms with Crippen LogP contribution in [0.1, 0.15) is 20.7 Å². The Kier molecular flexibility index (Phi) is 4.47. The standard InChI is InChI=1S/C14H3Cl6NO2/c15-4-1-5(16)3-6(2-4)21-13(22)7-8(14(21)23)10(18)12(20)11(19)9(7)17/h1-3H. The summed E-state index contributed by atoms with van der Waals surface area (Å²) in [5.41, 5.74) is -0.0209. The fourth-order valence-corrected chi connectivity index (χ4v) is 3.78. The molecule has 9 heteroatoms. The molecule has 1 aliphatic rings. The van der Waals surface area contributed by atoms with E-state index in [1.165, 1.54) is 18.2 Å².